The maximum Gasteiger partial charge on any atom is 0.222 e. The summed E-state index contributed by atoms with van der Waals surface area (Å²) in [7, 11) is 0. The van der Waals surface area contributed by atoms with Gasteiger partial charge in [-0.1, -0.05) is 33.6 Å². The van der Waals surface area contributed by atoms with Gasteiger partial charge < -0.3 is 4.90 Å². The van der Waals surface area contributed by atoms with Crippen molar-refractivity contribution in [2.75, 3.05) is 26.2 Å². The summed E-state index contributed by atoms with van der Waals surface area (Å²) in [5, 5.41) is 3.39. The SMILES string of the molecule is CC(C)(C)c1csc(CN2CCN(C(=O)CC3CCCC3)CC2)n1. The minimum atomic E-state index is 0.125. The number of hydrogen-bond acceptors (Lipinski definition) is 4. The number of amides is 1. The molecule has 1 amide bonds. The van der Waals surface area contributed by atoms with Gasteiger partial charge in [0.2, 0.25) is 5.91 Å². The van der Waals surface area contributed by atoms with E-state index in [2.05, 4.69) is 36.0 Å². The van der Waals surface area contributed by atoms with Crippen LogP contribution in [0.25, 0.3) is 0 Å². The Morgan fingerprint density at radius 2 is 1.88 bits per heavy atom. The zero-order chi connectivity index (χ0) is 17.2. The minimum Gasteiger partial charge on any atom is -0.340 e. The quantitative estimate of drug-likeness (QED) is 0.832. The molecule has 5 heteroatoms. The van der Waals surface area contributed by atoms with Gasteiger partial charge in [-0.3, -0.25) is 9.69 Å². The molecule has 1 saturated heterocycles. The molecule has 2 heterocycles. The second-order valence-corrected chi connectivity index (χ2v) is 9.33. The zero-order valence-corrected chi connectivity index (χ0v) is 16.2. The van der Waals surface area contributed by atoms with Gasteiger partial charge in [0.25, 0.3) is 0 Å². The van der Waals surface area contributed by atoms with E-state index in [1.54, 1.807) is 11.3 Å². The summed E-state index contributed by atoms with van der Waals surface area (Å²) >= 11 is 1.77. The lowest BCUT2D eigenvalue weighted by Gasteiger charge is -2.34. The predicted octanol–water partition coefficient (Wildman–Crippen LogP) is 3.67. The van der Waals surface area contributed by atoms with Gasteiger partial charge in [-0.15, -0.1) is 11.3 Å². The molecule has 0 aromatic carbocycles. The summed E-state index contributed by atoms with van der Waals surface area (Å²) in [6.45, 7) is 11.3. The van der Waals surface area contributed by atoms with Crippen LogP contribution in [-0.2, 0) is 16.8 Å². The summed E-state index contributed by atoms with van der Waals surface area (Å²) in [4.78, 5) is 21.7. The Balaban J connectivity index is 1.45. The molecule has 1 aromatic heterocycles. The van der Waals surface area contributed by atoms with Crippen molar-refractivity contribution < 1.29 is 4.79 Å². The van der Waals surface area contributed by atoms with E-state index in [9.17, 15) is 4.79 Å². The number of nitrogens with zero attached hydrogens (tertiary/aromatic N) is 3. The summed E-state index contributed by atoms with van der Waals surface area (Å²) in [5.74, 6) is 1.03. The van der Waals surface area contributed by atoms with E-state index in [4.69, 9.17) is 4.98 Å². The van der Waals surface area contributed by atoms with E-state index < -0.39 is 0 Å². The minimum absolute atomic E-state index is 0.125. The van der Waals surface area contributed by atoms with E-state index in [1.165, 1.54) is 36.4 Å². The first-order chi connectivity index (χ1) is 11.4. The van der Waals surface area contributed by atoms with E-state index in [0.717, 1.165) is 39.1 Å². The highest BCUT2D eigenvalue weighted by molar-refractivity contribution is 7.09. The zero-order valence-electron chi connectivity index (χ0n) is 15.4. The van der Waals surface area contributed by atoms with Crippen LogP contribution >= 0.6 is 11.3 Å². The maximum atomic E-state index is 12.4. The molecular formula is C19H31N3OS. The highest BCUT2D eigenvalue weighted by atomic mass is 32.1. The molecule has 0 N–H and O–H groups in total. The van der Waals surface area contributed by atoms with Gasteiger partial charge >= 0.3 is 0 Å². The van der Waals surface area contributed by atoms with Crippen molar-refractivity contribution in [3.05, 3.63) is 16.1 Å². The van der Waals surface area contributed by atoms with Crippen LogP contribution in [0.1, 0.15) is 63.6 Å². The smallest absolute Gasteiger partial charge is 0.222 e. The highest BCUT2D eigenvalue weighted by Gasteiger charge is 2.25. The van der Waals surface area contributed by atoms with Gasteiger partial charge in [0.1, 0.15) is 5.01 Å². The van der Waals surface area contributed by atoms with Gasteiger partial charge in [-0.25, -0.2) is 4.98 Å². The fourth-order valence-corrected chi connectivity index (χ4v) is 4.73. The Labute approximate surface area is 150 Å². The summed E-state index contributed by atoms with van der Waals surface area (Å²) in [6.07, 6.45) is 5.92. The van der Waals surface area contributed by atoms with Crippen LogP contribution in [0.4, 0.5) is 0 Å². The fourth-order valence-electron chi connectivity index (χ4n) is 3.67. The Bertz CT molecular complexity index is 549. The van der Waals surface area contributed by atoms with Crippen molar-refractivity contribution >= 4 is 17.2 Å². The molecule has 4 nitrogen and oxygen atoms in total. The molecule has 0 unspecified atom stereocenters. The van der Waals surface area contributed by atoms with Crippen LogP contribution in [0.3, 0.4) is 0 Å². The largest absolute Gasteiger partial charge is 0.340 e. The second kappa shape index (κ2) is 7.52. The molecule has 3 rings (SSSR count). The molecule has 1 saturated carbocycles. The Hall–Kier alpha value is -0.940. The molecule has 2 aliphatic rings. The summed E-state index contributed by atoms with van der Waals surface area (Å²) < 4.78 is 0. The van der Waals surface area contributed by atoms with Crippen molar-refractivity contribution in [2.24, 2.45) is 5.92 Å². The summed E-state index contributed by atoms with van der Waals surface area (Å²) in [6, 6.07) is 0. The van der Waals surface area contributed by atoms with Crippen LogP contribution in [0, 0.1) is 5.92 Å². The van der Waals surface area contributed by atoms with Crippen LogP contribution in [-0.4, -0.2) is 46.9 Å². The lowest BCUT2D eigenvalue weighted by atomic mass is 9.93. The maximum absolute atomic E-state index is 12.4. The van der Waals surface area contributed by atoms with Crippen molar-refractivity contribution in [1.82, 2.24) is 14.8 Å². The van der Waals surface area contributed by atoms with Crippen molar-refractivity contribution in [3.63, 3.8) is 0 Å². The third kappa shape index (κ3) is 4.57. The van der Waals surface area contributed by atoms with Crippen molar-refractivity contribution in [3.8, 4) is 0 Å². The molecular weight excluding hydrogens is 318 g/mol. The molecule has 1 aliphatic heterocycles. The number of thiazole rings is 1. The molecule has 2 fully saturated rings. The lowest BCUT2D eigenvalue weighted by molar-refractivity contribution is -0.134. The van der Waals surface area contributed by atoms with Gasteiger partial charge in [-0.2, -0.15) is 0 Å². The first-order valence-electron chi connectivity index (χ1n) is 9.37. The van der Waals surface area contributed by atoms with Gasteiger partial charge in [0, 0.05) is 43.4 Å². The average molecular weight is 350 g/mol. The number of carbonyl (C=O) groups is 1. The summed E-state index contributed by atoms with van der Waals surface area (Å²) in [5.41, 5.74) is 1.31. The van der Waals surface area contributed by atoms with E-state index in [-0.39, 0.29) is 5.41 Å². The van der Waals surface area contributed by atoms with E-state index in [1.807, 2.05) is 0 Å². The predicted molar refractivity (Wildman–Crippen MR) is 99.2 cm³/mol. The highest BCUT2D eigenvalue weighted by Crippen LogP contribution is 2.28. The monoisotopic (exact) mass is 349 g/mol. The van der Waals surface area contributed by atoms with Crippen molar-refractivity contribution in [1.29, 1.82) is 0 Å². The average Bonchev–Trinajstić information content (AvgIpc) is 3.19. The topological polar surface area (TPSA) is 36.4 Å². The van der Waals surface area contributed by atoms with Crippen LogP contribution in [0.15, 0.2) is 5.38 Å². The van der Waals surface area contributed by atoms with Crippen molar-refractivity contribution in [2.45, 2.75) is 64.8 Å². The normalized spacial score (nSPS) is 20.7. The van der Waals surface area contributed by atoms with Crippen LogP contribution in [0.2, 0.25) is 0 Å². The fraction of sp³-hybridized carbons (Fsp3) is 0.789. The van der Waals surface area contributed by atoms with E-state index in [0.29, 0.717) is 11.8 Å². The molecule has 134 valence electrons. The number of carbonyl (C=O) groups excluding carboxylic acids is 1. The molecule has 1 aliphatic carbocycles. The van der Waals surface area contributed by atoms with Gasteiger partial charge in [0.05, 0.1) is 12.2 Å². The number of piperazine rings is 1. The molecule has 0 radical (unpaired) electrons. The second-order valence-electron chi connectivity index (χ2n) is 8.39. The number of hydrogen-bond donors (Lipinski definition) is 0. The van der Waals surface area contributed by atoms with Gasteiger partial charge in [-0.05, 0) is 18.8 Å². The Morgan fingerprint density at radius 1 is 1.21 bits per heavy atom. The molecule has 0 bridgehead atoms. The Morgan fingerprint density at radius 3 is 2.46 bits per heavy atom. The third-order valence-corrected chi connectivity index (χ3v) is 6.18. The third-order valence-electron chi connectivity index (χ3n) is 5.34. The lowest BCUT2D eigenvalue weighted by Crippen LogP contribution is -2.48. The molecule has 1 aromatic rings. The van der Waals surface area contributed by atoms with E-state index >= 15 is 0 Å². The number of aromatic nitrogens is 1. The van der Waals surface area contributed by atoms with Gasteiger partial charge in [0.15, 0.2) is 0 Å². The molecule has 0 atom stereocenters. The first kappa shape index (κ1) is 17.9. The Kier molecular flexibility index (Phi) is 5.60. The first-order valence-corrected chi connectivity index (χ1v) is 10.2. The van der Waals surface area contributed by atoms with Crippen LogP contribution < -0.4 is 0 Å². The standard InChI is InChI=1S/C19H31N3OS/c1-19(2,3)16-14-24-17(20-16)13-21-8-10-22(11-9-21)18(23)12-15-6-4-5-7-15/h14-15H,4-13H2,1-3H3. The number of rotatable bonds is 4. The van der Waals surface area contributed by atoms with Crippen LogP contribution in [0.5, 0.6) is 0 Å². The molecule has 0 spiro atoms. The molecule has 24 heavy (non-hydrogen) atoms.